The molecule has 0 saturated heterocycles. The van der Waals surface area contributed by atoms with E-state index in [1.165, 1.54) is 55.9 Å². The number of aliphatic imine (C=N–C) groups is 1. The largest absolute Gasteiger partial charge is 0.457 e. The third-order valence-corrected chi connectivity index (χ3v) is 6.86. The fraction of sp³-hybridized carbons (Fsp3) is 0.200. The van der Waals surface area contributed by atoms with Crippen molar-refractivity contribution in [1.82, 2.24) is 20.0 Å². The lowest BCUT2D eigenvalue weighted by Gasteiger charge is -2.17. The molecule has 1 amide bonds. The summed E-state index contributed by atoms with van der Waals surface area (Å²) in [5.41, 5.74) is 6.27. The summed E-state index contributed by atoms with van der Waals surface area (Å²) in [6.45, 7) is 0.190. The molecule has 0 saturated carbocycles. The van der Waals surface area contributed by atoms with Gasteiger partial charge in [0.2, 0.25) is 26.2 Å². The number of rotatable bonds is 8. The van der Waals surface area contributed by atoms with Gasteiger partial charge in [0, 0.05) is 38.0 Å². The average molecular weight is 507 g/mol. The molecule has 34 heavy (non-hydrogen) atoms. The Kier molecular flexibility index (Phi) is 7.99. The summed E-state index contributed by atoms with van der Waals surface area (Å²) in [5, 5.41) is 2.30. The van der Waals surface area contributed by atoms with Crippen LogP contribution in [0.3, 0.4) is 0 Å². The van der Waals surface area contributed by atoms with Gasteiger partial charge in [-0.3, -0.25) is 15.1 Å². The van der Waals surface area contributed by atoms with E-state index in [4.69, 9.17) is 10.5 Å². The Morgan fingerprint density at radius 2 is 2.03 bits per heavy atom. The number of H-pyrrole nitrogens is 1. The highest BCUT2D eigenvalue weighted by Gasteiger charge is 2.26. The molecule has 0 aliphatic heterocycles. The van der Waals surface area contributed by atoms with E-state index >= 15 is 0 Å². The summed E-state index contributed by atoms with van der Waals surface area (Å²) >= 11 is 0. The number of sulfonamides is 1. The van der Waals surface area contributed by atoms with Crippen LogP contribution in [-0.2, 0) is 31.5 Å². The third kappa shape index (κ3) is 6.40. The Hall–Kier alpha value is -3.75. The van der Waals surface area contributed by atoms with E-state index in [0.29, 0.717) is 6.42 Å². The zero-order valence-electron chi connectivity index (χ0n) is 17.9. The van der Waals surface area contributed by atoms with Gasteiger partial charge < -0.3 is 15.5 Å². The van der Waals surface area contributed by atoms with E-state index < -0.39 is 32.1 Å². The van der Waals surface area contributed by atoms with Crippen LogP contribution in [-0.4, -0.2) is 57.1 Å². The molecule has 1 aliphatic carbocycles. The van der Waals surface area contributed by atoms with E-state index in [1.807, 2.05) is 0 Å². The Morgan fingerprint density at radius 1 is 1.29 bits per heavy atom. The van der Waals surface area contributed by atoms with Gasteiger partial charge >= 0.3 is 0 Å². The van der Waals surface area contributed by atoms with Crippen molar-refractivity contribution in [2.45, 2.75) is 11.3 Å². The van der Waals surface area contributed by atoms with Gasteiger partial charge in [0.05, 0.1) is 22.0 Å². The Balaban J connectivity index is 1.66. The van der Waals surface area contributed by atoms with Gasteiger partial charge in [-0.2, -0.15) is 8.42 Å². The van der Waals surface area contributed by atoms with Crippen molar-refractivity contribution in [1.29, 1.82) is 0 Å². The lowest BCUT2D eigenvalue weighted by molar-refractivity contribution is -0.120. The second kappa shape index (κ2) is 10.9. The average Bonchev–Trinajstić information content (AvgIpc) is 3.32. The standard InChI is InChI=1S/C20H22N6O6S2/c1-22-20(21)26-19(27)17-7-4-15(10-18(17)33(28)29)32-14-2-5-16(6-3-14)34(30,31)25-9-8-13-11-23-12-24-13/h2-7,10-12,17,25H,8-9H2,1H3,(H,23,24)(H3,21,22,26,27). The number of nitrogens with zero attached hydrogens (tertiary/aromatic N) is 2. The van der Waals surface area contributed by atoms with Crippen molar-refractivity contribution in [3.63, 3.8) is 0 Å². The van der Waals surface area contributed by atoms with Gasteiger partial charge in [-0.1, -0.05) is 6.08 Å². The molecule has 1 atom stereocenters. The van der Waals surface area contributed by atoms with Crippen molar-refractivity contribution >= 4 is 37.0 Å². The number of carbonyl (C=O) groups excluding carboxylic acids is 1. The van der Waals surface area contributed by atoms with Gasteiger partial charge in [-0.15, -0.1) is 0 Å². The van der Waals surface area contributed by atoms with Crippen LogP contribution in [0.25, 0.3) is 0 Å². The molecule has 1 unspecified atom stereocenters. The molecule has 3 rings (SSSR count). The number of aromatic amines is 1. The number of guanidine groups is 1. The van der Waals surface area contributed by atoms with Crippen LogP contribution in [0.2, 0.25) is 0 Å². The first-order chi connectivity index (χ1) is 16.2. The highest BCUT2D eigenvalue weighted by molar-refractivity contribution is 7.89. The third-order valence-electron chi connectivity index (χ3n) is 4.62. The predicted octanol–water partition coefficient (Wildman–Crippen LogP) is -0.508. The number of nitrogens with one attached hydrogen (secondary N) is 3. The van der Waals surface area contributed by atoms with Crippen LogP contribution < -0.4 is 20.5 Å². The normalized spacial score (nSPS) is 16.1. The van der Waals surface area contributed by atoms with Gasteiger partial charge in [-0.05, 0) is 30.3 Å². The van der Waals surface area contributed by atoms with Crippen LogP contribution in [0.4, 0.5) is 0 Å². The minimum Gasteiger partial charge on any atom is -0.457 e. The van der Waals surface area contributed by atoms with Crippen LogP contribution in [0.1, 0.15) is 5.69 Å². The summed E-state index contributed by atoms with van der Waals surface area (Å²) in [6, 6.07) is 5.59. The molecule has 0 bridgehead atoms. The summed E-state index contributed by atoms with van der Waals surface area (Å²) in [6.07, 6.45) is 7.57. The fourth-order valence-electron chi connectivity index (χ4n) is 2.90. The quantitative estimate of drug-likeness (QED) is 0.209. The minimum atomic E-state index is -3.73. The predicted molar refractivity (Wildman–Crippen MR) is 125 cm³/mol. The molecule has 180 valence electrons. The molecule has 1 heterocycles. The number of imidazole rings is 1. The number of ether oxygens (including phenoxy) is 1. The summed E-state index contributed by atoms with van der Waals surface area (Å²) in [4.78, 5) is 22.4. The lowest BCUT2D eigenvalue weighted by atomic mass is 9.99. The van der Waals surface area contributed by atoms with Crippen molar-refractivity contribution in [3.05, 3.63) is 66.5 Å². The van der Waals surface area contributed by atoms with Crippen LogP contribution in [0, 0.1) is 5.92 Å². The maximum atomic E-state index is 12.5. The fourth-order valence-corrected chi connectivity index (χ4v) is 4.54. The zero-order valence-corrected chi connectivity index (χ0v) is 19.6. The van der Waals surface area contributed by atoms with E-state index in [1.54, 1.807) is 6.20 Å². The van der Waals surface area contributed by atoms with Gasteiger partial charge in [0.15, 0.2) is 5.96 Å². The SMILES string of the molecule is CN=C(N)NC(=O)C1C=CC(Oc2ccc(S(=O)(=O)NCCc3cnc[nH]3)cc2)=CC1=S(=O)=O. The molecule has 12 nitrogen and oxygen atoms in total. The van der Waals surface area contributed by atoms with E-state index in [0.717, 1.165) is 5.69 Å². The smallest absolute Gasteiger partial charge is 0.240 e. The van der Waals surface area contributed by atoms with Crippen LogP contribution in [0.5, 0.6) is 5.75 Å². The maximum Gasteiger partial charge on any atom is 0.240 e. The number of carbonyl (C=O) groups is 1. The summed E-state index contributed by atoms with van der Waals surface area (Å²) < 4.78 is 56.3. The van der Waals surface area contributed by atoms with Crippen LogP contribution in [0.15, 0.2) is 70.7 Å². The second-order valence-electron chi connectivity index (χ2n) is 6.92. The molecule has 0 spiro atoms. The van der Waals surface area contributed by atoms with Gasteiger partial charge in [0.1, 0.15) is 11.5 Å². The molecular weight excluding hydrogens is 484 g/mol. The van der Waals surface area contributed by atoms with Gasteiger partial charge in [0.25, 0.3) is 0 Å². The Labute approximate surface area is 197 Å². The first-order valence-corrected chi connectivity index (χ1v) is 12.4. The molecule has 0 radical (unpaired) electrons. The highest BCUT2D eigenvalue weighted by atomic mass is 32.2. The monoisotopic (exact) mass is 506 g/mol. The topological polar surface area (TPSA) is 186 Å². The lowest BCUT2D eigenvalue weighted by Crippen LogP contribution is -2.42. The van der Waals surface area contributed by atoms with Crippen LogP contribution >= 0.6 is 0 Å². The number of amides is 1. The minimum absolute atomic E-state index is 0.0393. The first-order valence-electron chi connectivity index (χ1n) is 9.83. The number of aromatic nitrogens is 2. The zero-order chi connectivity index (χ0) is 24.7. The van der Waals surface area contributed by atoms with E-state index in [-0.39, 0.29) is 33.8 Å². The Morgan fingerprint density at radius 3 is 2.65 bits per heavy atom. The second-order valence-corrected chi connectivity index (χ2v) is 9.62. The molecule has 2 aromatic rings. The number of allylic oxidation sites excluding steroid dienone is 2. The van der Waals surface area contributed by atoms with Crippen molar-refractivity contribution in [2.24, 2.45) is 16.6 Å². The Bertz CT molecular complexity index is 1370. The summed E-state index contributed by atoms with van der Waals surface area (Å²) in [7, 11) is -5.06. The molecule has 1 aliphatic rings. The highest BCUT2D eigenvalue weighted by Crippen LogP contribution is 2.21. The molecule has 0 fully saturated rings. The molecule has 5 N–H and O–H groups in total. The van der Waals surface area contributed by atoms with Crippen molar-refractivity contribution < 1.29 is 26.4 Å². The molecular formula is C20H22N6O6S2. The number of hydrogen-bond donors (Lipinski definition) is 4. The van der Waals surface area contributed by atoms with E-state index in [9.17, 15) is 21.6 Å². The number of hydrogen-bond acceptors (Lipinski definition) is 8. The first kappa shape index (κ1) is 24.9. The molecule has 14 heteroatoms. The number of benzene rings is 1. The van der Waals surface area contributed by atoms with E-state index in [2.05, 4.69) is 25.0 Å². The number of nitrogens with two attached hydrogens (primary N) is 1. The summed E-state index contributed by atoms with van der Waals surface area (Å²) in [5.74, 6) is -1.50. The maximum absolute atomic E-state index is 12.5. The molecule has 1 aromatic carbocycles. The van der Waals surface area contributed by atoms with Crippen molar-refractivity contribution in [2.75, 3.05) is 13.6 Å². The molecule has 1 aromatic heterocycles. The van der Waals surface area contributed by atoms with Gasteiger partial charge in [-0.25, -0.2) is 18.1 Å². The van der Waals surface area contributed by atoms with Crippen molar-refractivity contribution in [3.8, 4) is 5.75 Å².